The number of pyridine rings is 1. The van der Waals surface area contributed by atoms with Gasteiger partial charge in [0, 0.05) is 12.6 Å². The summed E-state index contributed by atoms with van der Waals surface area (Å²) in [6.45, 7) is 1.63. The molecule has 1 aromatic heterocycles. The Labute approximate surface area is 76.4 Å². The molecule has 5 heteroatoms. The van der Waals surface area contributed by atoms with E-state index in [1.54, 1.807) is 31.3 Å². The van der Waals surface area contributed by atoms with Crippen molar-refractivity contribution in [2.75, 3.05) is 0 Å². The van der Waals surface area contributed by atoms with E-state index >= 15 is 0 Å². The van der Waals surface area contributed by atoms with Crippen LogP contribution in [0.5, 0.6) is 0 Å². The molecule has 71 valence electrons. The van der Waals surface area contributed by atoms with Crippen molar-refractivity contribution in [3.05, 3.63) is 24.4 Å². The summed E-state index contributed by atoms with van der Waals surface area (Å²) in [6.07, 6.45) is 1.71. The molecule has 0 aromatic carbocycles. The lowest BCUT2D eigenvalue weighted by atomic mass is 10.4. The van der Waals surface area contributed by atoms with Crippen molar-refractivity contribution in [3.8, 4) is 0 Å². The maximum atomic E-state index is 9.11. The molecule has 1 radical (unpaired) electrons. The van der Waals surface area contributed by atoms with Gasteiger partial charge in [-0.3, -0.25) is 0 Å². The second-order valence-electron chi connectivity index (χ2n) is 2.58. The van der Waals surface area contributed by atoms with Crippen molar-refractivity contribution in [3.63, 3.8) is 0 Å². The van der Waals surface area contributed by atoms with Crippen LogP contribution in [-0.2, 0) is 0 Å². The van der Waals surface area contributed by atoms with Crippen molar-refractivity contribution in [2.45, 2.75) is 19.3 Å². The van der Waals surface area contributed by atoms with Crippen LogP contribution in [0.15, 0.2) is 24.4 Å². The van der Waals surface area contributed by atoms with E-state index < -0.39 is 5.91 Å². The third-order valence-electron chi connectivity index (χ3n) is 1.49. The normalized spacial score (nSPS) is 11.3. The number of nitrogens with zero attached hydrogens (tertiary/aromatic N) is 2. The minimum absolute atomic E-state index is 0.142. The number of nitrogens with one attached hydrogen (secondary N) is 1. The van der Waals surface area contributed by atoms with Gasteiger partial charge in [0.25, 0.3) is 0 Å². The van der Waals surface area contributed by atoms with Gasteiger partial charge in [0.05, 0.1) is 0 Å². The highest BCUT2D eigenvalue weighted by atomic mass is 16.5. The summed E-state index contributed by atoms with van der Waals surface area (Å²) >= 11 is 0. The second-order valence-corrected chi connectivity index (χ2v) is 2.58. The molecular weight excluding hydrogens is 170 g/mol. The Morgan fingerprint density at radius 1 is 1.54 bits per heavy atom. The zero-order valence-electron chi connectivity index (χ0n) is 7.31. The molecule has 0 atom stereocenters. The van der Waals surface area contributed by atoms with E-state index in [4.69, 9.17) is 10.2 Å². The van der Waals surface area contributed by atoms with E-state index in [2.05, 4.69) is 15.8 Å². The summed E-state index contributed by atoms with van der Waals surface area (Å²) in [5.41, 5.74) is 5.89. The van der Waals surface area contributed by atoms with Crippen LogP contribution in [0.25, 0.3) is 0 Å². The lowest BCUT2D eigenvalue weighted by molar-refractivity contribution is -0.193. The predicted molar refractivity (Wildman–Crippen MR) is 46.6 cm³/mol. The summed E-state index contributed by atoms with van der Waals surface area (Å²) in [6, 6.07) is 5.17. The maximum Gasteiger partial charge on any atom is 0.240 e. The molecule has 3 N–H and O–H groups in total. The van der Waals surface area contributed by atoms with Crippen LogP contribution in [0.2, 0.25) is 0 Å². The Morgan fingerprint density at radius 3 is 2.85 bits per heavy atom. The monoisotopic (exact) mass is 182 g/mol. The average molecular weight is 182 g/mol. The highest BCUT2D eigenvalue weighted by Crippen LogP contribution is 2.02. The Bertz CT molecular complexity index is 251. The lowest BCUT2D eigenvalue weighted by Gasteiger charge is -2.19. The quantitative estimate of drug-likeness (QED) is 0.447. The van der Waals surface area contributed by atoms with Gasteiger partial charge in [-0.15, -0.1) is 0 Å². The van der Waals surface area contributed by atoms with Crippen molar-refractivity contribution >= 4 is 5.82 Å². The molecule has 1 aromatic rings. The van der Waals surface area contributed by atoms with E-state index in [0.29, 0.717) is 5.82 Å². The van der Waals surface area contributed by atoms with Crippen LogP contribution < -0.4 is 10.9 Å². The largest absolute Gasteiger partial charge is 0.352 e. The number of aliphatic hydroxyl groups is 2. The second kappa shape index (κ2) is 4.18. The highest BCUT2D eigenvalue weighted by molar-refractivity contribution is 5.22. The van der Waals surface area contributed by atoms with Crippen LogP contribution in [0, 0.1) is 0 Å². The van der Waals surface area contributed by atoms with Gasteiger partial charge in [-0.05, 0) is 12.1 Å². The lowest BCUT2D eigenvalue weighted by Crippen LogP contribution is -2.47. The van der Waals surface area contributed by atoms with Crippen LogP contribution in [-0.4, -0.2) is 21.1 Å². The van der Waals surface area contributed by atoms with Gasteiger partial charge in [0.15, 0.2) is 5.82 Å². The van der Waals surface area contributed by atoms with Crippen molar-refractivity contribution in [1.29, 1.82) is 0 Å². The first-order chi connectivity index (χ1) is 6.14. The summed E-state index contributed by atoms with van der Waals surface area (Å²) < 4.78 is 0. The Kier molecular flexibility index (Phi) is 3.18. The molecule has 0 amide bonds. The molecule has 0 spiro atoms. The summed E-state index contributed by atoms with van der Waals surface area (Å²) in [5, 5.41) is 18.2. The zero-order valence-corrected chi connectivity index (χ0v) is 7.31. The fraction of sp³-hybridized carbons (Fsp3) is 0.375. The first kappa shape index (κ1) is 9.91. The van der Waals surface area contributed by atoms with Gasteiger partial charge in [-0.25, -0.2) is 4.98 Å². The molecule has 5 nitrogen and oxygen atoms in total. The van der Waals surface area contributed by atoms with E-state index in [1.165, 1.54) is 0 Å². The predicted octanol–water partition coefficient (Wildman–Crippen LogP) is -0.130. The molecule has 1 heterocycles. The Hall–Kier alpha value is -1.17. The third kappa shape index (κ3) is 3.37. The van der Waals surface area contributed by atoms with E-state index in [1.807, 2.05) is 0 Å². The van der Waals surface area contributed by atoms with Gasteiger partial charge in [-0.1, -0.05) is 13.0 Å². The summed E-state index contributed by atoms with van der Waals surface area (Å²) in [7, 11) is 0. The molecule has 0 bridgehead atoms. The fourth-order valence-corrected chi connectivity index (χ4v) is 0.646. The third-order valence-corrected chi connectivity index (χ3v) is 1.49. The molecule has 0 saturated heterocycles. The van der Waals surface area contributed by atoms with Crippen LogP contribution >= 0.6 is 0 Å². The first-order valence-corrected chi connectivity index (χ1v) is 3.98. The molecular formula is C8H12N3O2. The van der Waals surface area contributed by atoms with Crippen molar-refractivity contribution in [1.82, 2.24) is 15.8 Å². The van der Waals surface area contributed by atoms with E-state index in [-0.39, 0.29) is 6.42 Å². The minimum Gasteiger partial charge on any atom is -0.352 e. The standard InChI is InChI=1S/C8H12N3O2/c1-2-8(12,13)11-10-7-5-3-4-6-9-7/h3-6,11-13H,2H2,1H3. The van der Waals surface area contributed by atoms with E-state index in [9.17, 15) is 0 Å². The number of aromatic nitrogens is 1. The zero-order chi connectivity index (χ0) is 9.73. The van der Waals surface area contributed by atoms with Crippen molar-refractivity contribution < 1.29 is 10.2 Å². The smallest absolute Gasteiger partial charge is 0.240 e. The molecule has 1 rings (SSSR count). The number of rotatable bonds is 4. The molecule has 0 aliphatic carbocycles. The van der Waals surface area contributed by atoms with Gasteiger partial charge in [0.1, 0.15) is 0 Å². The number of hydrogen-bond acceptors (Lipinski definition) is 4. The van der Waals surface area contributed by atoms with Gasteiger partial charge in [-0.2, -0.15) is 10.9 Å². The summed E-state index contributed by atoms with van der Waals surface area (Å²) in [5.74, 6) is -1.55. The molecule has 0 aliphatic heterocycles. The topological polar surface area (TPSA) is 79.5 Å². The minimum atomic E-state index is -1.96. The van der Waals surface area contributed by atoms with Crippen LogP contribution in [0.3, 0.4) is 0 Å². The Balaban J connectivity index is 2.44. The molecule has 0 fully saturated rings. The average Bonchev–Trinajstić information content (AvgIpc) is 2.17. The highest BCUT2D eigenvalue weighted by Gasteiger charge is 2.19. The molecule has 13 heavy (non-hydrogen) atoms. The van der Waals surface area contributed by atoms with Crippen LogP contribution in [0.4, 0.5) is 5.82 Å². The number of hydrogen-bond donors (Lipinski definition) is 3. The molecule has 0 saturated carbocycles. The van der Waals surface area contributed by atoms with Gasteiger partial charge < -0.3 is 10.2 Å². The van der Waals surface area contributed by atoms with E-state index in [0.717, 1.165) is 0 Å². The SMILES string of the molecule is CCC(O)(O)N[N]c1ccccn1. The van der Waals surface area contributed by atoms with Crippen molar-refractivity contribution in [2.24, 2.45) is 0 Å². The first-order valence-electron chi connectivity index (χ1n) is 3.98. The fourth-order valence-electron chi connectivity index (χ4n) is 0.646. The van der Waals surface area contributed by atoms with Gasteiger partial charge >= 0.3 is 0 Å². The maximum absolute atomic E-state index is 9.11. The molecule has 0 aliphatic rings. The summed E-state index contributed by atoms with van der Waals surface area (Å²) in [4.78, 5) is 3.86. The Morgan fingerprint density at radius 2 is 2.31 bits per heavy atom. The molecule has 0 unspecified atom stereocenters. The van der Waals surface area contributed by atoms with Crippen LogP contribution in [0.1, 0.15) is 13.3 Å². The van der Waals surface area contributed by atoms with Gasteiger partial charge in [0.2, 0.25) is 5.91 Å².